The van der Waals surface area contributed by atoms with Gasteiger partial charge in [0.05, 0.1) is 0 Å². The molecule has 0 amide bonds. The molecule has 0 aliphatic carbocycles. The first-order chi connectivity index (χ1) is 8.70. The summed E-state index contributed by atoms with van der Waals surface area (Å²) in [6, 6.07) is 11.6. The summed E-state index contributed by atoms with van der Waals surface area (Å²) in [4.78, 5) is 0. The summed E-state index contributed by atoms with van der Waals surface area (Å²) in [5, 5.41) is 0.344. The van der Waals surface area contributed by atoms with E-state index in [1.54, 1.807) is 12.1 Å². The third-order valence-electron chi connectivity index (χ3n) is 2.37. The molecule has 0 radical (unpaired) electrons. The van der Waals surface area contributed by atoms with Gasteiger partial charge in [-0.25, -0.2) is 4.39 Å². The van der Waals surface area contributed by atoms with E-state index in [4.69, 9.17) is 22.8 Å². The van der Waals surface area contributed by atoms with Crippen LogP contribution in [0.5, 0.6) is 5.75 Å². The van der Waals surface area contributed by atoms with Crippen molar-refractivity contribution in [2.45, 2.75) is 0 Å². The molecule has 0 atom stereocenters. The van der Waals surface area contributed by atoms with Crippen LogP contribution < -0.4 is 4.74 Å². The van der Waals surface area contributed by atoms with Crippen molar-refractivity contribution in [2.24, 2.45) is 0 Å². The number of rotatable bonds is 3. The van der Waals surface area contributed by atoms with Gasteiger partial charge in [0.1, 0.15) is 18.2 Å². The summed E-state index contributed by atoms with van der Waals surface area (Å²) in [5.41, 5.74) is 1.42. The first kappa shape index (κ1) is 12.5. The van der Waals surface area contributed by atoms with Gasteiger partial charge in [0.25, 0.3) is 0 Å². The van der Waals surface area contributed by atoms with E-state index < -0.39 is 0 Å². The van der Waals surface area contributed by atoms with E-state index in [1.807, 2.05) is 18.2 Å². The fraction of sp³-hybridized carbons (Fsp3) is 0.0667. The molecule has 0 aliphatic rings. The van der Waals surface area contributed by atoms with Gasteiger partial charge in [-0.05, 0) is 29.8 Å². The second-order valence-corrected chi connectivity index (χ2v) is 4.08. The molecule has 2 rings (SSSR count). The van der Waals surface area contributed by atoms with Crippen molar-refractivity contribution in [2.75, 3.05) is 6.61 Å². The van der Waals surface area contributed by atoms with Crippen LogP contribution >= 0.6 is 11.6 Å². The summed E-state index contributed by atoms with van der Waals surface area (Å²) in [7, 11) is 0. The van der Waals surface area contributed by atoms with Crippen molar-refractivity contribution in [1.29, 1.82) is 0 Å². The minimum Gasteiger partial charge on any atom is -0.480 e. The molecule has 3 heteroatoms. The van der Waals surface area contributed by atoms with Gasteiger partial charge in [-0.2, -0.15) is 0 Å². The lowest BCUT2D eigenvalue weighted by molar-refractivity contribution is 0.372. The second-order valence-electron chi connectivity index (χ2n) is 3.65. The predicted molar refractivity (Wildman–Crippen MR) is 71.2 cm³/mol. The Balaban J connectivity index is 2.46. The maximum atomic E-state index is 13.3. The van der Waals surface area contributed by atoms with Crippen molar-refractivity contribution in [3.63, 3.8) is 0 Å². The molecular weight excluding hydrogens is 251 g/mol. The molecule has 0 unspecified atom stereocenters. The Bertz CT molecular complexity index is 581. The standard InChI is InChI=1S/C15H10ClFO/c1-2-7-18-15-6-4-3-5-14(15)11-8-12(16)10-13(17)9-11/h1,3-6,8-10H,7H2. The number of benzene rings is 2. The molecule has 2 aromatic rings. The average Bonchev–Trinajstić information content (AvgIpc) is 2.35. The van der Waals surface area contributed by atoms with Gasteiger partial charge in [-0.1, -0.05) is 35.7 Å². The van der Waals surface area contributed by atoms with Crippen molar-refractivity contribution < 1.29 is 9.13 Å². The van der Waals surface area contributed by atoms with Gasteiger partial charge in [0.15, 0.2) is 0 Å². The van der Waals surface area contributed by atoms with Gasteiger partial charge >= 0.3 is 0 Å². The normalized spacial score (nSPS) is 9.83. The highest BCUT2D eigenvalue weighted by Gasteiger charge is 2.07. The van der Waals surface area contributed by atoms with E-state index in [-0.39, 0.29) is 12.4 Å². The van der Waals surface area contributed by atoms with Crippen LogP contribution in [0.2, 0.25) is 5.02 Å². The number of hydrogen-bond donors (Lipinski definition) is 0. The number of ether oxygens (including phenoxy) is 1. The highest BCUT2D eigenvalue weighted by Crippen LogP contribution is 2.31. The van der Waals surface area contributed by atoms with Crippen molar-refractivity contribution in [3.8, 4) is 29.2 Å². The third kappa shape index (κ3) is 2.82. The van der Waals surface area contributed by atoms with Crippen molar-refractivity contribution in [1.82, 2.24) is 0 Å². The summed E-state index contributed by atoms with van der Waals surface area (Å²) in [6.07, 6.45) is 5.16. The average molecular weight is 261 g/mol. The van der Waals surface area contributed by atoms with E-state index >= 15 is 0 Å². The zero-order valence-electron chi connectivity index (χ0n) is 9.49. The van der Waals surface area contributed by atoms with E-state index in [0.717, 1.165) is 5.56 Å². The molecule has 0 N–H and O–H groups in total. The first-order valence-corrected chi connectivity index (χ1v) is 5.70. The molecule has 0 aliphatic heterocycles. The van der Waals surface area contributed by atoms with Crippen LogP contribution in [-0.2, 0) is 0 Å². The Morgan fingerprint density at radius 3 is 2.72 bits per heavy atom. The smallest absolute Gasteiger partial charge is 0.148 e. The van der Waals surface area contributed by atoms with Crippen LogP contribution in [0.15, 0.2) is 42.5 Å². The highest BCUT2D eigenvalue weighted by molar-refractivity contribution is 6.30. The Labute approximate surface area is 110 Å². The molecule has 90 valence electrons. The summed E-state index contributed by atoms with van der Waals surface area (Å²) in [5.74, 6) is 2.62. The summed E-state index contributed by atoms with van der Waals surface area (Å²) < 4.78 is 18.8. The predicted octanol–water partition coefficient (Wildman–Crippen LogP) is 4.16. The van der Waals surface area contributed by atoms with Crippen LogP contribution in [0.4, 0.5) is 4.39 Å². The van der Waals surface area contributed by atoms with E-state index in [9.17, 15) is 4.39 Å². The largest absolute Gasteiger partial charge is 0.480 e. The van der Waals surface area contributed by atoms with Gasteiger partial charge in [-0.15, -0.1) is 6.42 Å². The monoisotopic (exact) mass is 260 g/mol. The van der Waals surface area contributed by atoms with Gasteiger partial charge < -0.3 is 4.74 Å². The third-order valence-corrected chi connectivity index (χ3v) is 2.59. The van der Waals surface area contributed by atoms with Crippen molar-refractivity contribution >= 4 is 11.6 Å². The van der Waals surface area contributed by atoms with Gasteiger partial charge in [0, 0.05) is 10.6 Å². The Kier molecular flexibility index (Phi) is 3.86. The van der Waals surface area contributed by atoms with E-state index in [1.165, 1.54) is 12.1 Å². The molecule has 2 aromatic carbocycles. The van der Waals surface area contributed by atoms with E-state index in [0.29, 0.717) is 16.3 Å². The zero-order valence-corrected chi connectivity index (χ0v) is 10.2. The molecule has 0 bridgehead atoms. The Hall–Kier alpha value is -1.98. The number of para-hydroxylation sites is 1. The summed E-state index contributed by atoms with van der Waals surface area (Å²) >= 11 is 5.84. The molecule has 0 fully saturated rings. The lowest BCUT2D eigenvalue weighted by Crippen LogP contribution is -1.95. The first-order valence-electron chi connectivity index (χ1n) is 5.32. The second kappa shape index (κ2) is 5.57. The van der Waals surface area contributed by atoms with Gasteiger partial charge in [0.2, 0.25) is 0 Å². The number of terminal acetylenes is 1. The maximum absolute atomic E-state index is 13.3. The summed E-state index contributed by atoms with van der Waals surface area (Å²) in [6.45, 7) is 0.167. The van der Waals surface area contributed by atoms with Crippen LogP contribution in [-0.4, -0.2) is 6.61 Å². The Morgan fingerprint density at radius 1 is 1.22 bits per heavy atom. The van der Waals surface area contributed by atoms with Gasteiger partial charge in [-0.3, -0.25) is 0 Å². The van der Waals surface area contributed by atoms with E-state index in [2.05, 4.69) is 5.92 Å². The van der Waals surface area contributed by atoms with Crippen LogP contribution in [0, 0.1) is 18.2 Å². The molecule has 0 aromatic heterocycles. The van der Waals surface area contributed by atoms with Crippen LogP contribution in [0.3, 0.4) is 0 Å². The lowest BCUT2D eigenvalue weighted by atomic mass is 10.0. The SMILES string of the molecule is C#CCOc1ccccc1-c1cc(F)cc(Cl)c1. The Morgan fingerprint density at radius 2 is 2.00 bits per heavy atom. The zero-order chi connectivity index (χ0) is 13.0. The number of halogens is 2. The molecule has 18 heavy (non-hydrogen) atoms. The maximum Gasteiger partial charge on any atom is 0.148 e. The van der Waals surface area contributed by atoms with Crippen LogP contribution in [0.25, 0.3) is 11.1 Å². The molecule has 1 nitrogen and oxygen atoms in total. The molecule has 0 spiro atoms. The quantitative estimate of drug-likeness (QED) is 0.753. The minimum absolute atomic E-state index is 0.167. The molecule has 0 saturated heterocycles. The topological polar surface area (TPSA) is 9.23 Å². The minimum atomic E-state index is -0.385. The molecule has 0 heterocycles. The lowest BCUT2D eigenvalue weighted by Gasteiger charge is -2.10. The number of hydrogen-bond acceptors (Lipinski definition) is 1. The van der Waals surface area contributed by atoms with Crippen LogP contribution in [0.1, 0.15) is 0 Å². The highest BCUT2D eigenvalue weighted by atomic mass is 35.5. The molecule has 0 saturated carbocycles. The fourth-order valence-corrected chi connectivity index (χ4v) is 1.88. The van der Waals surface area contributed by atoms with Crippen molar-refractivity contribution in [3.05, 3.63) is 53.3 Å². The fourth-order valence-electron chi connectivity index (χ4n) is 1.66. The molecular formula is C15H10ClFO.